The van der Waals surface area contributed by atoms with Gasteiger partial charge in [0.1, 0.15) is 5.75 Å². The van der Waals surface area contributed by atoms with Gasteiger partial charge in [0.2, 0.25) is 5.91 Å². The molecule has 1 amide bonds. The molecule has 1 N–H and O–H groups in total. The van der Waals surface area contributed by atoms with Crippen LogP contribution in [0.2, 0.25) is 0 Å². The van der Waals surface area contributed by atoms with Crippen LogP contribution in [0.4, 0.5) is 0 Å². The molecule has 0 radical (unpaired) electrons. The molecule has 0 spiro atoms. The molecule has 1 aromatic carbocycles. The zero-order chi connectivity index (χ0) is 15.4. The van der Waals surface area contributed by atoms with Gasteiger partial charge in [-0.15, -0.1) is 0 Å². The van der Waals surface area contributed by atoms with Gasteiger partial charge in [-0.25, -0.2) is 0 Å². The normalized spacial score (nSPS) is 21.6. The third-order valence-electron chi connectivity index (χ3n) is 3.75. The summed E-state index contributed by atoms with van der Waals surface area (Å²) < 4.78 is 5.61. The molecular formula is C16H21NO4. The molecule has 2 atom stereocenters. The van der Waals surface area contributed by atoms with E-state index >= 15 is 0 Å². The summed E-state index contributed by atoms with van der Waals surface area (Å²) in [4.78, 5) is 25.4. The molecule has 1 saturated heterocycles. The Balaban J connectivity index is 2.44. The van der Waals surface area contributed by atoms with Crippen LogP contribution in [0, 0.1) is 5.92 Å². The lowest BCUT2D eigenvalue weighted by atomic mass is 9.93. The first kappa shape index (κ1) is 15.4. The molecule has 0 saturated carbocycles. The first-order chi connectivity index (χ1) is 10.1. The monoisotopic (exact) mass is 291 g/mol. The molecular weight excluding hydrogens is 270 g/mol. The molecule has 1 fully saturated rings. The predicted octanol–water partition coefficient (Wildman–Crippen LogP) is 2.47. The molecule has 1 heterocycles. The van der Waals surface area contributed by atoms with Crippen LogP contribution < -0.4 is 4.74 Å². The number of ether oxygens (including phenoxy) is 1. The topological polar surface area (TPSA) is 66.8 Å². The van der Waals surface area contributed by atoms with Crippen molar-refractivity contribution in [1.29, 1.82) is 0 Å². The molecule has 114 valence electrons. The molecule has 1 aliphatic rings. The second kappa shape index (κ2) is 6.61. The van der Waals surface area contributed by atoms with Crippen LogP contribution in [-0.4, -0.2) is 35.0 Å². The van der Waals surface area contributed by atoms with Crippen LogP contribution in [0.15, 0.2) is 24.3 Å². The van der Waals surface area contributed by atoms with E-state index in [0.717, 1.165) is 12.0 Å². The van der Waals surface area contributed by atoms with Gasteiger partial charge in [0.25, 0.3) is 0 Å². The van der Waals surface area contributed by atoms with E-state index in [1.165, 1.54) is 0 Å². The van der Waals surface area contributed by atoms with Gasteiger partial charge in [-0.2, -0.15) is 0 Å². The summed E-state index contributed by atoms with van der Waals surface area (Å²) in [5, 5.41) is 9.45. The number of rotatable bonds is 6. The number of carbonyl (C=O) groups is 2. The summed E-state index contributed by atoms with van der Waals surface area (Å²) in [7, 11) is 0. The lowest BCUT2D eigenvalue weighted by molar-refractivity contribution is -0.142. The number of carbonyl (C=O) groups excluding carboxylic acids is 1. The van der Waals surface area contributed by atoms with Crippen LogP contribution in [0.3, 0.4) is 0 Å². The Kier molecular flexibility index (Phi) is 4.83. The van der Waals surface area contributed by atoms with Gasteiger partial charge in [-0.3, -0.25) is 9.59 Å². The highest BCUT2D eigenvalue weighted by atomic mass is 16.5. The van der Waals surface area contributed by atoms with Gasteiger partial charge in [-0.05, 0) is 19.4 Å². The number of likely N-dealkylation sites (tertiary alicyclic amines) is 1. The van der Waals surface area contributed by atoms with Crippen molar-refractivity contribution in [1.82, 2.24) is 4.90 Å². The Morgan fingerprint density at radius 2 is 2.10 bits per heavy atom. The maximum atomic E-state index is 12.2. The lowest BCUT2D eigenvalue weighted by Gasteiger charge is -2.28. The number of hydrogen-bond acceptors (Lipinski definition) is 3. The summed E-state index contributed by atoms with van der Waals surface area (Å²) in [6.45, 7) is 4.93. The second-order valence-corrected chi connectivity index (χ2v) is 5.15. The van der Waals surface area contributed by atoms with E-state index in [1.807, 2.05) is 38.1 Å². The van der Waals surface area contributed by atoms with Crippen molar-refractivity contribution in [2.24, 2.45) is 5.92 Å². The Morgan fingerprint density at radius 1 is 1.38 bits per heavy atom. The Morgan fingerprint density at radius 3 is 2.71 bits per heavy atom. The number of aliphatic carboxylic acids is 1. The largest absolute Gasteiger partial charge is 0.494 e. The number of amides is 1. The van der Waals surface area contributed by atoms with Crippen molar-refractivity contribution in [2.45, 2.75) is 32.7 Å². The molecule has 1 aromatic rings. The number of benzene rings is 1. The van der Waals surface area contributed by atoms with Crippen LogP contribution in [0.25, 0.3) is 0 Å². The fourth-order valence-electron chi connectivity index (χ4n) is 2.91. The minimum absolute atomic E-state index is 0.0560. The number of hydrogen-bond donors (Lipinski definition) is 1. The van der Waals surface area contributed by atoms with Gasteiger partial charge < -0.3 is 14.7 Å². The van der Waals surface area contributed by atoms with E-state index in [1.54, 1.807) is 4.90 Å². The van der Waals surface area contributed by atoms with E-state index in [-0.39, 0.29) is 12.3 Å². The van der Waals surface area contributed by atoms with E-state index in [2.05, 4.69) is 0 Å². The van der Waals surface area contributed by atoms with Crippen LogP contribution in [-0.2, 0) is 9.59 Å². The second-order valence-electron chi connectivity index (χ2n) is 5.15. The first-order valence-corrected chi connectivity index (χ1v) is 7.34. The van der Waals surface area contributed by atoms with Gasteiger partial charge in [0.05, 0.1) is 18.6 Å². The Bertz CT molecular complexity index is 529. The van der Waals surface area contributed by atoms with E-state index in [9.17, 15) is 14.7 Å². The minimum atomic E-state index is -0.932. The Labute approximate surface area is 124 Å². The van der Waals surface area contributed by atoms with E-state index in [0.29, 0.717) is 18.9 Å². The minimum Gasteiger partial charge on any atom is -0.494 e. The number of carboxylic acid groups (broad SMARTS) is 1. The highest BCUT2D eigenvalue weighted by Gasteiger charge is 2.45. The number of nitrogens with zero attached hydrogens (tertiary/aromatic N) is 1. The third kappa shape index (κ3) is 3.01. The molecule has 5 nitrogen and oxygen atoms in total. The van der Waals surface area contributed by atoms with Crippen LogP contribution in [0.5, 0.6) is 5.75 Å². The molecule has 1 aliphatic heterocycles. The van der Waals surface area contributed by atoms with Gasteiger partial charge in [0, 0.05) is 18.5 Å². The van der Waals surface area contributed by atoms with Crippen molar-refractivity contribution < 1.29 is 19.4 Å². The zero-order valence-electron chi connectivity index (χ0n) is 12.4. The van der Waals surface area contributed by atoms with Gasteiger partial charge >= 0.3 is 5.97 Å². The molecule has 2 rings (SSSR count). The van der Waals surface area contributed by atoms with Crippen LogP contribution >= 0.6 is 0 Å². The molecule has 0 aromatic heterocycles. The predicted molar refractivity (Wildman–Crippen MR) is 78.1 cm³/mol. The SMILES string of the molecule is CCCN1C(=O)CC(C(=O)O)C1c1ccccc1OCC. The number of carboxylic acids is 1. The standard InChI is InChI=1S/C16H21NO4/c1-3-9-17-14(18)10-12(16(19)20)15(17)11-7-5-6-8-13(11)21-4-2/h5-8,12,15H,3-4,9-10H2,1-2H3,(H,19,20). The van der Waals surface area contributed by atoms with Gasteiger partial charge in [-0.1, -0.05) is 25.1 Å². The van der Waals surface area contributed by atoms with E-state index < -0.39 is 17.9 Å². The first-order valence-electron chi connectivity index (χ1n) is 7.34. The maximum Gasteiger partial charge on any atom is 0.309 e. The lowest BCUT2D eigenvalue weighted by Crippen LogP contribution is -2.31. The van der Waals surface area contributed by atoms with Crippen molar-refractivity contribution in [3.8, 4) is 5.75 Å². The average molecular weight is 291 g/mol. The molecule has 0 bridgehead atoms. The summed E-state index contributed by atoms with van der Waals surface area (Å²) in [5.74, 6) is -1.09. The molecule has 5 heteroatoms. The average Bonchev–Trinajstić information content (AvgIpc) is 2.78. The van der Waals surface area contributed by atoms with E-state index in [4.69, 9.17) is 4.74 Å². The van der Waals surface area contributed by atoms with Gasteiger partial charge in [0.15, 0.2) is 0 Å². The van der Waals surface area contributed by atoms with Crippen molar-refractivity contribution in [3.63, 3.8) is 0 Å². The molecule has 21 heavy (non-hydrogen) atoms. The quantitative estimate of drug-likeness (QED) is 0.874. The molecule has 2 unspecified atom stereocenters. The zero-order valence-corrected chi connectivity index (χ0v) is 12.4. The van der Waals surface area contributed by atoms with Crippen molar-refractivity contribution in [3.05, 3.63) is 29.8 Å². The van der Waals surface area contributed by atoms with Crippen molar-refractivity contribution in [2.75, 3.05) is 13.2 Å². The fraction of sp³-hybridized carbons (Fsp3) is 0.500. The summed E-state index contributed by atoms with van der Waals surface area (Å²) in [6.07, 6.45) is 0.853. The Hall–Kier alpha value is -2.04. The highest BCUT2D eigenvalue weighted by Crippen LogP contribution is 2.41. The fourth-order valence-corrected chi connectivity index (χ4v) is 2.91. The smallest absolute Gasteiger partial charge is 0.309 e. The summed E-state index contributed by atoms with van der Waals surface area (Å²) in [5.41, 5.74) is 0.783. The summed E-state index contributed by atoms with van der Waals surface area (Å²) >= 11 is 0. The summed E-state index contributed by atoms with van der Waals surface area (Å²) in [6, 6.07) is 6.93. The highest BCUT2D eigenvalue weighted by molar-refractivity contribution is 5.87. The van der Waals surface area contributed by atoms with Crippen LogP contribution in [0.1, 0.15) is 38.3 Å². The molecule has 0 aliphatic carbocycles. The third-order valence-corrected chi connectivity index (χ3v) is 3.75. The van der Waals surface area contributed by atoms with Crippen molar-refractivity contribution >= 4 is 11.9 Å². The maximum absolute atomic E-state index is 12.2. The number of para-hydroxylation sites is 1.